The lowest BCUT2D eigenvalue weighted by Gasteiger charge is -2.16. The summed E-state index contributed by atoms with van der Waals surface area (Å²) >= 11 is 0. The molecular formula is C27H34N8O2. The lowest BCUT2D eigenvalue weighted by molar-refractivity contribution is -0.120. The van der Waals surface area contributed by atoms with Gasteiger partial charge in [-0.1, -0.05) is 37.1 Å². The number of nitrogens with zero attached hydrogens (tertiary/aromatic N) is 5. The molecule has 0 fully saturated rings. The van der Waals surface area contributed by atoms with Gasteiger partial charge in [0.25, 0.3) is 5.91 Å². The number of hydrogen-bond donors (Lipinski definition) is 3. The second-order valence-electron chi connectivity index (χ2n) is 9.23. The molecule has 0 radical (unpaired) electrons. The van der Waals surface area contributed by atoms with Crippen LogP contribution in [0.5, 0.6) is 0 Å². The Bertz CT molecular complexity index is 1330. The predicted octanol–water partition coefficient (Wildman–Crippen LogP) is 3.69. The van der Waals surface area contributed by atoms with E-state index in [1.165, 1.54) is 0 Å². The van der Waals surface area contributed by atoms with Gasteiger partial charge in [-0.25, -0.2) is 4.98 Å². The van der Waals surface area contributed by atoms with Crippen molar-refractivity contribution in [1.82, 2.24) is 40.2 Å². The smallest absolute Gasteiger partial charge is 0.272 e. The van der Waals surface area contributed by atoms with E-state index >= 15 is 0 Å². The van der Waals surface area contributed by atoms with Crippen LogP contribution in [-0.2, 0) is 18.9 Å². The highest BCUT2D eigenvalue weighted by molar-refractivity contribution is 5.92. The predicted molar refractivity (Wildman–Crippen MR) is 142 cm³/mol. The Hall–Kier alpha value is -4.21. The van der Waals surface area contributed by atoms with Gasteiger partial charge < -0.3 is 15.6 Å². The molecule has 0 aliphatic rings. The van der Waals surface area contributed by atoms with E-state index in [0.717, 1.165) is 47.5 Å². The zero-order chi connectivity index (χ0) is 26.4. The first-order valence-electron chi connectivity index (χ1n) is 12.5. The molecule has 0 spiro atoms. The van der Waals surface area contributed by atoms with Crippen molar-refractivity contribution in [2.24, 2.45) is 14.1 Å². The zero-order valence-corrected chi connectivity index (χ0v) is 21.8. The molecule has 0 bridgehead atoms. The SMILES string of the molecule is CNC(=O)CCCCCC(NC(=O)c1cc(C)n(C)n1)c1ncc(-c2ccc(-c3ccn(C)n3)cc2)[nH]1. The minimum absolute atomic E-state index is 0.0418. The van der Waals surface area contributed by atoms with Crippen LogP contribution in [0.3, 0.4) is 0 Å². The zero-order valence-electron chi connectivity index (χ0n) is 21.8. The number of unbranched alkanes of at least 4 members (excludes halogenated alkanes) is 2. The molecule has 1 atom stereocenters. The summed E-state index contributed by atoms with van der Waals surface area (Å²) in [5, 5.41) is 14.5. The van der Waals surface area contributed by atoms with Gasteiger partial charge in [-0.05, 0) is 37.5 Å². The van der Waals surface area contributed by atoms with Crippen molar-refractivity contribution in [3.63, 3.8) is 0 Å². The summed E-state index contributed by atoms with van der Waals surface area (Å²) in [7, 11) is 5.36. The van der Waals surface area contributed by atoms with Gasteiger partial charge in [0.2, 0.25) is 5.91 Å². The van der Waals surface area contributed by atoms with Crippen LogP contribution in [0.25, 0.3) is 22.5 Å². The number of aromatic nitrogens is 6. The van der Waals surface area contributed by atoms with Crippen LogP contribution < -0.4 is 10.6 Å². The summed E-state index contributed by atoms with van der Waals surface area (Å²) in [5.74, 6) is 0.493. The van der Waals surface area contributed by atoms with Gasteiger partial charge in [-0.3, -0.25) is 19.0 Å². The Morgan fingerprint density at radius 3 is 2.43 bits per heavy atom. The fourth-order valence-electron chi connectivity index (χ4n) is 4.17. The third kappa shape index (κ3) is 6.52. The molecule has 37 heavy (non-hydrogen) atoms. The minimum atomic E-state index is -0.309. The second kappa shape index (κ2) is 11.7. The van der Waals surface area contributed by atoms with E-state index < -0.39 is 0 Å². The van der Waals surface area contributed by atoms with E-state index in [1.54, 1.807) is 28.7 Å². The number of carbonyl (C=O) groups is 2. The van der Waals surface area contributed by atoms with Gasteiger partial charge in [-0.15, -0.1) is 0 Å². The number of hydrogen-bond acceptors (Lipinski definition) is 5. The molecule has 2 amide bonds. The van der Waals surface area contributed by atoms with Crippen molar-refractivity contribution in [2.75, 3.05) is 7.05 Å². The fourth-order valence-corrected chi connectivity index (χ4v) is 4.17. The number of aryl methyl sites for hydroxylation is 3. The molecule has 3 N–H and O–H groups in total. The summed E-state index contributed by atoms with van der Waals surface area (Å²) in [6.45, 7) is 1.91. The quantitative estimate of drug-likeness (QED) is 0.270. The van der Waals surface area contributed by atoms with Crippen LogP contribution in [0.2, 0.25) is 0 Å². The van der Waals surface area contributed by atoms with Crippen molar-refractivity contribution in [2.45, 2.75) is 45.1 Å². The van der Waals surface area contributed by atoms with E-state index in [-0.39, 0.29) is 17.9 Å². The fraction of sp³-hybridized carbons (Fsp3) is 0.370. The molecule has 1 aromatic carbocycles. The number of carbonyl (C=O) groups excluding carboxylic acids is 2. The summed E-state index contributed by atoms with van der Waals surface area (Å²) in [6, 6.07) is 11.6. The first-order valence-corrected chi connectivity index (χ1v) is 12.5. The lowest BCUT2D eigenvalue weighted by Crippen LogP contribution is -2.29. The van der Waals surface area contributed by atoms with Gasteiger partial charge in [0, 0.05) is 45.0 Å². The number of rotatable bonds is 11. The van der Waals surface area contributed by atoms with Crippen LogP contribution in [0.15, 0.2) is 48.8 Å². The molecule has 10 heteroatoms. The summed E-state index contributed by atoms with van der Waals surface area (Å²) in [5.41, 5.74) is 5.11. The Labute approximate surface area is 216 Å². The van der Waals surface area contributed by atoms with E-state index in [9.17, 15) is 9.59 Å². The van der Waals surface area contributed by atoms with Gasteiger partial charge in [0.15, 0.2) is 0 Å². The molecule has 1 unspecified atom stereocenters. The molecule has 3 aromatic heterocycles. The number of aromatic amines is 1. The molecule has 3 heterocycles. The van der Waals surface area contributed by atoms with Crippen molar-refractivity contribution >= 4 is 11.8 Å². The molecule has 0 saturated carbocycles. The maximum absolute atomic E-state index is 13.0. The number of H-pyrrole nitrogens is 1. The summed E-state index contributed by atoms with van der Waals surface area (Å²) in [6.07, 6.45) is 7.43. The number of amides is 2. The van der Waals surface area contributed by atoms with Gasteiger partial charge in [0.05, 0.1) is 23.6 Å². The van der Waals surface area contributed by atoms with E-state index in [0.29, 0.717) is 24.4 Å². The average molecular weight is 503 g/mol. The number of benzene rings is 1. The highest BCUT2D eigenvalue weighted by Crippen LogP contribution is 2.25. The molecule has 194 valence electrons. The van der Waals surface area contributed by atoms with Crippen molar-refractivity contribution < 1.29 is 9.59 Å². The second-order valence-corrected chi connectivity index (χ2v) is 9.23. The Kier molecular flexibility index (Phi) is 8.17. The van der Waals surface area contributed by atoms with Gasteiger partial charge >= 0.3 is 0 Å². The summed E-state index contributed by atoms with van der Waals surface area (Å²) in [4.78, 5) is 32.5. The van der Waals surface area contributed by atoms with Gasteiger partial charge in [0.1, 0.15) is 11.5 Å². The molecule has 0 aliphatic heterocycles. The average Bonchev–Trinajstić information content (AvgIpc) is 3.63. The molecular weight excluding hydrogens is 468 g/mol. The minimum Gasteiger partial charge on any atom is -0.359 e. The topological polar surface area (TPSA) is 123 Å². The Morgan fingerprint density at radius 1 is 1.03 bits per heavy atom. The lowest BCUT2D eigenvalue weighted by atomic mass is 10.1. The third-order valence-corrected chi connectivity index (χ3v) is 6.46. The van der Waals surface area contributed by atoms with Crippen LogP contribution in [0.4, 0.5) is 0 Å². The molecule has 4 aromatic rings. The first-order chi connectivity index (χ1) is 17.8. The Morgan fingerprint density at radius 2 is 1.78 bits per heavy atom. The van der Waals surface area contributed by atoms with Crippen LogP contribution >= 0.6 is 0 Å². The molecule has 4 rings (SSSR count). The van der Waals surface area contributed by atoms with Crippen LogP contribution in [0.1, 0.15) is 60.2 Å². The number of imidazole rings is 1. The van der Waals surface area contributed by atoms with E-state index in [4.69, 9.17) is 0 Å². The largest absolute Gasteiger partial charge is 0.359 e. The third-order valence-electron chi connectivity index (χ3n) is 6.46. The van der Waals surface area contributed by atoms with Crippen LogP contribution in [0, 0.1) is 6.92 Å². The maximum Gasteiger partial charge on any atom is 0.272 e. The first kappa shape index (κ1) is 25.9. The van der Waals surface area contributed by atoms with E-state index in [1.807, 2.05) is 57.5 Å². The number of nitrogens with one attached hydrogen (secondary N) is 3. The van der Waals surface area contributed by atoms with Crippen molar-refractivity contribution in [3.8, 4) is 22.5 Å². The highest BCUT2D eigenvalue weighted by atomic mass is 16.2. The van der Waals surface area contributed by atoms with Gasteiger partial charge in [-0.2, -0.15) is 10.2 Å². The monoisotopic (exact) mass is 502 g/mol. The molecule has 0 aliphatic carbocycles. The molecule has 10 nitrogen and oxygen atoms in total. The summed E-state index contributed by atoms with van der Waals surface area (Å²) < 4.78 is 3.46. The molecule has 0 saturated heterocycles. The van der Waals surface area contributed by atoms with Crippen molar-refractivity contribution in [3.05, 3.63) is 66.0 Å². The van der Waals surface area contributed by atoms with Crippen molar-refractivity contribution in [1.29, 1.82) is 0 Å². The maximum atomic E-state index is 13.0. The Balaban J connectivity index is 1.47. The highest BCUT2D eigenvalue weighted by Gasteiger charge is 2.21. The van der Waals surface area contributed by atoms with Crippen LogP contribution in [-0.4, -0.2) is 48.4 Å². The van der Waals surface area contributed by atoms with E-state index in [2.05, 4.69) is 30.8 Å². The normalized spacial score (nSPS) is 11.9. The standard InChI is InChI=1S/C27H34N8O2/c1-18-16-23(33-35(18)4)27(37)31-22(8-6-5-7-9-25(36)28-2)26-29-17-24(30-26)20-12-10-19(11-13-20)21-14-15-34(3)32-21/h10-17,22H,5-9H2,1-4H3,(H,28,36)(H,29,30)(H,31,37).